The minimum absolute atomic E-state index is 0.0329. The molecular weight excluding hydrogens is 334 g/mol. The van der Waals surface area contributed by atoms with Gasteiger partial charge in [0.15, 0.2) is 9.84 Å². The SMILES string of the molecule is CC(C)(C)OC(=O)C[C@@H](/C=C/S(C)(=O)=O)NC(=O)[C@H]1CCC(=O)C1. The standard InChI is InChI=1S/C16H25NO6S/c1-16(2,3)23-14(19)10-12(7-8-24(4,21)22)17-15(20)11-5-6-13(18)9-11/h7-8,11-12H,5-6,9-10H2,1-4H3,(H,17,20)/b8-7+/t11-,12+/m0/s1. The highest BCUT2D eigenvalue weighted by Gasteiger charge is 2.30. The van der Waals surface area contributed by atoms with E-state index in [-0.39, 0.29) is 24.5 Å². The Morgan fingerprint density at radius 1 is 1.38 bits per heavy atom. The number of esters is 1. The van der Waals surface area contributed by atoms with E-state index in [0.717, 1.165) is 11.7 Å². The minimum Gasteiger partial charge on any atom is -0.460 e. The third-order valence-electron chi connectivity index (χ3n) is 3.31. The number of ether oxygens (including phenoxy) is 1. The van der Waals surface area contributed by atoms with Crippen LogP contribution in [0.3, 0.4) is 0 Å². The van der Waals surface area contributed by atoms with E-state index in [4.69, 9.17) is 4.74 Å². The van der Waals surface area contributed by atoms with Crippen LogP contribution in [0.25, 0.3) is 0 Å². The second-order valence-electron chi connectivity index (χ2n) is 7.04. The van der Waals surface area contributed by atoms with E-state index >= 15 is 0 Å². The monoisotopic (exact) mass is 359 g/mol. The molecule has 24 heavy (non-hydrogen) atoms. The Morgan fingerprint density at radius 3 is 2.46 bits per heavy atom. The van der Waals surface area contributed by atoms with Crippen molar-refractivity contribution in [1.29, 1.82) is 0 Å². The van der Waals surface area contributed by atoms with Gasteiger partial charge in [0.1, 0.15) is 11.4 Å². The van der Waals surface area contributed by atoms with Crippen molar-refractivity contribution in [3.05, 3.63) is 11.5 Å². The van der Waals surface area contributed by atoms with Gasteiger partial charge < -0.3 is 10.1 Å². The quantitative estimate of drug-likeness (QED) is 0.713. The van der Waals surface area contributed by atoms with Crippen LogP contribution in [0.1, 0.15) is 46.5 Å². The molecule has 1 aliphatic rings. The molecule has 2 atom stereocenters. The van der Waals surface area contributed by atoms with E-state index < -0.39 is 33.4 Å². The number of amides is 1. The summed E-state index contributed by atoms with van der Waals surface area (Å²) in [5, 5.41) is 3.57. The van der Waals surface area contributed by atoms with E-state index in [0.29, 0.717) is 12.8 Å². The van der Waals surface area contributed by atoms with Crippen LogP contribution in [-0.2, 0) is 29.0 Å². The maximum Gasteiger partial charge on any atom is 0.308 e. The van der Waals surface area contributed by atoms with Crippen LogP contribution in [0.5, 0.6) is 0 Å². The van der Waals surface area contributed by atoms with E-state index in [2.05, 4.69) is 5.32 Å². The average molecular weight is 359 g/mol. The Morgan fingerprint density at radius 2 is 2.00 bits per heavy atom. The number of hydrogen-bond acceptors (Lipinski definition) is 6. The number of ketones is 1. The van der Waals surface area contributed by atoms with Gasteiger partial charge in [-0.1, -0.05) is 6.08 Å². The van der Waals surface area contributed by atoms with Gasteiger partial charge in [-0.15, -0.1) is 0 Å². The van der Waals surface area contributed by atoms with Crippen molar-refractivity contribution in [2.45, 2.75) is 58.1 Å². The summed E-state index contributed by atoms with van der Waals surface area (Å²) in [6.45, 7) is 5.15. The molecule has 1 fully saturated rings. The summed E-state index contributed by atoms with van der Waals surface area (Å²) >= 11 is 0. The summed E-state index contributed by atoms with van der Waals surface area (Å²) in [7, 11) is -3.39. The maximum atomic E-state index is 12.2. The molecule has 0 radical (unpaired) electrons. The Balaban J connectivity index is 2.77. The van der Waals surface area contributed by atoms with Crippen molar-refractivity contribution in [2.75, 3.05) is 6.26 Å². The zero-order valence-electron chi connectivity index (χ0n) is 14.5. The topological polar surface area (TPSA) is 107 Å². The summed E-state index contributed by atoms with van der Waals surface area (Å²) in [6.07, 6.45) is 3.11. The highest BCUT2D eigenvalue weighted by Crippen LogP contribution is 2.22. The third-order valence-corrected chi connectivity index (χ3v) is 3.96. The van der Waals surface area contributed by atoms with Crippen LogP contribution >= 0.6 is 0 Å². The number of nitrogens with one attached hydrogen (secondary N) is 1. The number of hydrogen-bond donors (Lipinski definition) is 1. The molecule has 0 aromatic rings. The van der Waals surface area contributed by atoms with Gasteiger partial charge in [-0.05, 0) is 27.2 Å². The normalized spacial score (nSPS) is 20.2. The smallest absolute Gasteiger partial charge is 0.308 e. The van der Waals surface area contributed by atoms with Crippen molar-refractivity contribution in [3.8, 4) is 0 Å². The zero-order chi connectivity index (χ0) is 18.5. The number of carbonyl (C=O) groups excluding carboxylic acids is 3. The molecule has 1 N–H and O–H groups in total. The fourth-order valence-electron chi connectivity index (χ4n) is 2.31. The number of carbonyl (C=O) groups is 3. The van der Waals surface area contributed by atoms with Gasteiger partial charge in [0.2, 0.25) is 5.91 Å². The Hall–Kier alpha value is -1.70. The molecule has 7 nitrogen and oxygen atoms in total. The van der Waals surface area contributed by atoms with Crippen molar-refractivity contribution in [3.63, 3.8) is 0 Å². The summed E-state index contributed by atoms with van der Waals surface area (Å²) in [4.78, 5) is 35.4. The average Bonchev–Trinajstić information content (AvgIpc) is 2.79. The van der Waals surface area contributed by atoms with E-state index in [1.54, 1.807) is 20.8 Å². The van der Waals surface area contributed by atoms with Gasteiger partial charge in [-0.2, -0.15) is 0 Å². The van der Waals surface area contributed by atoms with Crippen molar-refractivity contribution >= 4 is 27.5 Å². The van der Waals surface area contributed by atoms with Crippen molar-refractivity contribution < 1.29 is 27.5 Å². The molecule has 0 bridgehead atoms. The second-order valence-corrected chi connectivity index (χ2v) is 8.97. The molecule has 0 aromatic heterocycles. The highest BCUT2D eigenvalue weighted by molar-refractivity contribution is 7.93. The third kappa shape index (κ3) is 8.24. The summed E-state index contributed by atoms with van der Waals surface area (Å²) in [6, 6.07) is -0.808. The number of sulfone groups is 1. The lowest BCUT2D eigenvalue weighted by atomic mass is 10.1. The summed E-state index contributed by atoms with van der Waals surface area (Å²) in [5.74, 6) is -1.29. The molecule has 0 saturated heterocycles. The predicted molar refractivity (Wildman–Crippen MR) is 88.7 cm³/mol. The first-order valence-corrected chi connectivity index (χ1v) is 9.73. The lowest BCUT2D eigenvalue weighted by Gasteiger charge is -2.22. The van der Waals surface area contributed by atoms with Crippen LogP contribution < -0.4 is 5.32 Å². The molecule has 0 aliphatic heterocycles. The fraction of sp³-hybridized carbons (Fsp3) is 0.688. The van der Waals surface area contributed by atoms with E-state index in [1.165, 1.54) is 6.08 Å². The first-order chi connectivity index (χ1) is 10.9. The van der Waals surface area contributed by atoms with Crippen LogP contribution in [0.15, 0.2) is 11.5 Å². The maximum absolute atomic E-state index is 12.2. The first-order valence-electron chi connectivity index (χ1n) is 7.78. The molecule has 136 valence electrons. The van der Waals surface area contributed by atoms with Crippen molar-refractivity contribution in [1.82, 2.24) is 5.32 Å². The molecule has 0 heterocycles. The second kappa shape index (κ2) is 7.92. The lowest BCUT2D eigenvalue weighted by molar-refractivity contribution is -0.155. The Bertz CT molecular complexity index is 629. The van der Waals surface area contributed by atoms with E-state index in [1.807, 2.05) is 0 Å². The predicted octanol–water partition coefficient (Wildman–Crippen LogP) is 1.13. The number of Topliss-reactive ketones (excluding diaryl/α,β-unsaturated/α-hetero) is 1. The van der Waals surface area contributed by atoms with Crippen LogP contribution in [0, 0.1) is 5.92 Å². The van der Waals surface area contributed by atoms with Gasteiger partial charge in [0.05, 0.1) is 12.5 Å². The summed E-state index contributed by atoms with van der Waals surface area (Å²) in [5.41, 5.74) is -0.677. The van der Waals surface area contributed by atoms with Gasteiger partial charge in [0.25, 0.3) is 0 Å². The van der Waals surface area contributed by atoms with Crippen LogP contribution in [0.2, 0.25) is 0 Å². The number of rotatable bonds is 6. The van der Waals surface area contributed by atoms with Gasteiger partial charge >= 0.3 is 5.97 Å². The van der Waals surface area contributed by atoms with E-state index in [9.17, 15) is 22.8 Å². The van der Waals surface area contributed by atoms with Gasteiger partial charge in [-0.3, -0.25) is 14.4 Å². The molecule has 0 aromatic carbocycles. The molecule has 1 saturated carbocycles. The Kier molecular flexibility index (Phi) is 6.71. The zero-order valence-corrected chi connectivity index (χ0v) is 15.3. The molecular formula is C16H25NO6S. The molecule has 1 rings (SSSR count). The van der Waals surface area contributed by atoms with Crippen LogP contribution in [0.4, 0.5) is 0 Å². The summed E-state index contributed by atoms with van der Waals surface area (Å²) < 4.78 is 27.7. The van der Waals surface area contributed by atoms with Crippen LogP contribution in [-0.4, -0.2) is 44.0 Å². The lowest BCUT2D eigenvalue weighted by Crippen LogP contribution is -2.39. The largest absolute Gasteiger partial charge is 0.460 e. The highest BCUT2D eigenvalue weighted by atomic mass is 32.2. The van der Waals surface area contributed by atoms with Crippen molar-refractivity contribution in [2.24, 2.45) is 5.92 Å². The molecule has 8 heteroatoms. The van der Waals surface area contributed by atoms with Gasteiger partial charge in [-0.25, -0.2) is 8.42 Å². The molecule has 1 aliphatic carbocycles. The first kappa shape index (κ1) is 20.3. The Labute approximate surface area is 142 Å². The molecule has 1 amide bonds. The minimum atomic E-state index is -3.39. The molecule has 0 unspecified atom stereocenters. The fourth-order valence-corrected chi connectivity index (χ4v) is 2.78. The molecule has 0 spiro atoms. The van der Waals surface area contributed by atoms with Gasteiger partial charge in [0, 0.05) is 30.4 Å².